The minimum Gasteiger partial charge on any atom is -0.454 e. The molecule has 1 amide bonds. The van der Waals surface area contributed by atoms with Crippen LogP contribution in [-0.4, -0.2) is 46.7 Å². The van der Waals surface area contributed by atoms with E-state index in [0.717, 1.165) is 5.56 Å². The molecule has 3 aromatic carbocycles. The molecule has 0 fully saturated rings. The maximum atomic E-state index is 12.9. The third-order valence-corrected chi connectivity index (χ3v) is 6.67. The molecular weight excluding hydrogens is 442 g/mol. The highest BCUT2D eigenvalue weighted by molar-refractivity contribution is 7.92. The van der Waals surface area contributed by atoms with Crippen LogP contribution in [0.2, 0.25) is 0 Å². The van der Waals surface area contributed by atoms with Gasteiger partial charge in [0.15, 0.2) is 11.5 Å². The summed E-state index contributed by atoms with van der Waals surface area (Å²) in [5, 5.41) is 2.91. The van der Waals surface area contributed by atoms with Crippen molar-refractivity contribution in [1.29, 1.82) is 0 Å². The maximum absolute atomic E-state index is 12.9. The van der Waals surface area contributed by atoms with Gasteiger partial charge < -0.3 is 19.7 Å². The molecule has 0 aromatic heterocycles. The predicted molar refractivity (Wildman–Crippen MR) is 125 cm³/mol. The minimum atomic E-state index is -3.91. The number of nitrogens with one attached hydrogen (secondary N) is 2. The molecule has 8 nitrogen and oxygen atoms in total. The number of fused-ring (bicyclic) bond motifs is 1. The van der Waals surface area contributed by atoms with Crippen molar-refractivity contribution in [3.8, 4) is 11.5 Å². The van der Waals surface area contributed by atoms with Gasteiger partial charge in [0.1, 0.15) is 0 Å². The molecule has 0 spiro atoms. The summed E-state index contributed by atoms with van der Waals surface area (Å²) in [6.07, 6.45) is 0. The first kappa shape index (κ1) is 22.6. The van der Waals surface area contributed by atoms with E-state index in [1.165, 1.54) is 12.1 Å². The summed E-state index contributed by atoms with van der Waals surface area (Å²) in [6.45, 7) is 0.476. The molecule has 1 heterocycles. The Kier molecular flexibility index (Phi) is 6.52. The maximum Gasteiger partial charge on any atom is 0.261 e. The van der Waals surface area contributed by atoms with Crippen molar-refractivity contribution in [3.05, 3.63) is 83.9 Å². The lowest BCUT2D eigenvalue weighted by Crippen LogP contribution is -2.34. The van der Waals surface area contributed by atoms with Crippen LogP contribution in [0.1, 0.15) is 22.0 Å². The molecule has 4 rings (SSSR count). The summed E-state index contributed by atoms with van der Waals surface area (Å²) in [7, 11) is -0.0225. The minimum absolute atomic E-state index is 0.0139. The second-order valence-corrected chi connectivity index (χ2v) is 9.48. The molecule has 2 N–H and O–H groups in total. The summed E-state index contributed by atoms with van der Waals surface area (Å²) in [5.41, 5.74) is 1.67. The van der Waals surface area contributed by atoms with E-state index in [4.69, 9.17) is 9.47 Å². The van der Waals surface area contributed by atoms with Crippen LogP contribution < -0.4 is 19.5 Å². The molecule has 9 heteroatoms. The number of anilines is 1. The summed E-state index contributed by atoms with van der Waals surface area (Å²) < 4.78 is 38.8. The van der Waals surface area contributed by atoms with Crippen LogP contribution in [-0.2, 0) is 10.0 Å². The second kappa shape index (κ2) is 9.51. The first-order valence-corrected chi connectivity index (χ1v) is 11.8. The molecule has 0 saturated carbocycles. The number of ether oxygens (including phenoxy) is 2. The van der Waals surface area contributed by atoms with E-state index in [9.17, 15) is 13.2 Å². The fraction of sp³-hybridized carbons (Fsp3) is 0.208. The number of hydrogen-bond donors (Lipinski definition) is 2. The first-order valence-electron chi connectivity index (χ1n) is 10.4. The Hall–Kier alpha value is -3.56. The number of amides is 1. The van der Waals surface area contributed by atoms with Gasteiger partial charge in [0.2, 0.25) is 6.79 Å². The Morgan fingerprint density at radius 1 is 0.970 bits per heavy atom. The van der Waals surface area contributed by atoms with Gasteiger partial charge in [-0.15, -0.1) is 0 Å². The van der Waals surface area contributed by atoms with Crippen molar-refractivity contribution in [2.45, 2.75) is 10.9 Å². The molecule has 3 aromatic rings. The lowest BCUT2D eigenvalue weighted by molar-refractivity contribution is 0.0941. The third kappa shape index (κ3) is 5.27. The van der Waals surface area contributed by atoms with Crippen molar-refractivity contribution in [3.63, 3.8) is 0 Å². The molecule has 1 aliphatic heterocycles. The Morgan fingerprint density at radius 2 is 1.73 bits per heavy atom. The van der Waals surface area contributed by atoms with Crippen LogP contribution in [0.3, 0.4) is 0 Å². The van der Waals surface area contributed by atoms with Gasteiger partial charge in [0.05, 0.1) is 16.6 Å². The fourth-order valence-electron chi connectivity index (χ4n) is 3.54. The smallest absolute Gasteiger partial charge is 0.261 e. The quantitative estimate of drug-likeness (QED) is 0.528. The van der Waals surface area contributed by atoms with Crippen molar-refractivity contribution in [1.82, 2.24) is 10.2 Å². The summed E-state index contributed by atoms with van der Waals surface area (Å²) in [5.74, 6) is 0.679. The number of rotatable bonds is 8. The summed E-state index contributed by atoms with van der Waals surface area (Å²) in [4.78, 5) is 14.8. The highest BCUT2D eigenvalue weighted by Gasteiger charge is 2.20. The van der Waals surface area contributed by atoms with Crippen molar-refractivity contribution in [2.24, 2.45) is 0 Å². The largest absolute Gasteiger partial charge is 0.454 e. The predicted octanol–water partition coefficient (Wildman–Crippen LogP) is 3.25. The average molecular weight is 468 g/mol. The van der Waals surface area contributed by atoms with E-state index in [2.05, 4.69) is 10.0 Å². The number of likely N-dealkylation sites (N-methyl/N-ethyl adjacent to an activating group) is 1. The number of nitrogens with zero attached hydrogens (tertiary/aromatic N) is 1. The fourth-order valence-corrected chi connectivity index (χ4v) is 4.64. The molecule has 33 heavy (non-hydrogen) atoms. The summed E-state index contributed by atoms with van der Waals surface area (Å²) in [6, 6.07) is 20.6. The normalized spacial score (nSPS) is 13.5. The highest BCUT2D eigenvalue weighted by atomic mass is 32.2. The zero-order valence-electron chi connectivity index (χ0n) is 18.3. The van der Waals surface area contributed by atoms with Crippen LogP contribution in [0.15, 0.2) is 77.7 Å². The molecule has 0 aliphatic carbocycles. The zero-order valence-corrected chi connectivity index (χ0v) is 19.1. The zero-order chi connectivity index (χ0) is 23.4. The highest BCUT2D eigenvalue weighted by Crippen LogP contribution is 2.34. The van der Waals surface area contributed by atoms with E-state index in [0.29, 0.717) is 23.7 Å². The molecule has 0 unspecified atom stereocenters. The molecular formula is C24H25N3O5S. The average Bonchev–Trinajstić information content (AvgIpc) is 3.27. The third-order valence-electron chi connectivity index (χ3n) is 5.29. The second-order valence-electron chi connectivity index (χ2n) is 7.80. The van der Waals surface area contributed by atoms with E-state index < -0.39 is 10.0 Å². The van der Waals surface area contributed by atoms with Gasteiger partial charge in [0, 0.05) is 18.2 Å². The Balaban J connectivity index is 1.47. The van der Waals surface area contributed by atoms with E-state index in [1.807, 2.05) is 49.3 Å². The van der Waals surface area contributed by atoms with Gasteiger partial charge in [-0.05, 0) is 50.0 Å². The first-order chi connectivity index (χ1) is 15.8. The number of sulfonamides is 1. The van der Waals surface area contributed by atoms with Gasteiger partial charge in [-0.3, -0.25) is 9.52 Å². The van der Waals surface area contributed by atoms with Crippen molar-refractivity contribution >= 4 is 21.6 Å². The Labute approximate surface area is 193 Å². The van der Waals surface area contributed by atoms with Crippen molar-refractivity contribution < 1.29 is 22.7 Å². The molecule has 1 aliphatic rings. The summed E-state index contributed by atoms with van der Waals surface area (Å²) >= 11 is 0. The van der Waals surface area contributed by atoms with Gasteiger partial charge in [-0.25, -0.2) is 8.42 Å². The van der Waals surface area contributed by atoms with E-state index in [1.54, 1.807) is 30.3 Å². The SMILES string of the molecule is CN(C)[C@H](CNC(=O)c1cccc(S(=O)(=O)Nc2ccc3c(c2)OCO3)c1)c1ccccc1. The van der Waals surface area contributed by atoms with Crippen LogP contribution in [0.5, 0.6) is 11.5 Å². The topological polar surface area (TPSA) is 97.0 Å². The standard InChI is InChI=1S/C24H25N3O5S/c1-27(2)21(17-7-4-3-5-8-17)15-25-24(28)18-9-6-10-20(13-18)33(29,30)26-19-11-12-22-23(14-19)32-16-31-22/h3-14,21,26H,15-16H2,1-2H3,(H,25,28)/t21-/m1/s1. The number of hydrogen-bond acceptors (Lipinski definition) is 6. The van der Waals surface area contributed by atoms with Gasteiger partial charge in [0.25, 0.3) is 15.9 Å². The molecule has 0 bridgehead atoms. The number of benzene rings is 3. The van der Waals surface area contributed by atoms with E-state index in [-0.39, 0.29) is 29.2 Å². The monoisotopic (exact) mass is 467 g/mol. The molecule has 0 saturated heterocycles. The molecule has 1 atom stereocenters. The van der Waals surface area contributed by atoms with Crippen LogP contribution in [0.4, 0.5) is 5.69 Å². The van der Waals surface area contributed by atoms with Crippen LogP contribution in [0, 0.1) is 0 Å². The molecule has 172 valence electrons. The van der Waals surface area contributed by atoms with Gasteiger partial charge in [-0.2, -0.15) is 0 Å². The van der Waals surface area contributed by atoms with Crippen LogP contribution in [0.25, 0.3) is 0 Å². The van der Waals surface area contributed by atoms with Gasteiger partial charge >= 0.3 is 0 Å². The Morgan fingerprint density at radius 3 is 2.48 bits per heavy atom. The number of carbonyl (C=O) groups is 1. The Bertz CT molecular complexity index is 1250. The lowest BCUT2D eigenvalue weighted by atomic mass is 10.1. The van der Waals surface area contributed by atoms with Crippen molar-refractivity contribution in [2.75, 3.05) is 32.2 Å². The lowest BCUT2D eigenvalue weighted by Gasteiger charge is -2.25. The van der Waals surface area contributed by atoms with Crippen LogP contribution >= 0.6 is 0 Å². The van der Waals surface area contributed by atoms with E-state index >= 15 is 0 Å². The number of carbonyl (C=O) groups excluding carboxylic acids is 1. The van der Waals surface area contributed by atoms with Gasteiger partial charge in [-0.1, -0.05) is 36.4 Å². The molecule has 0 radical (unpaired) electrons.